The molecule has 3 atom stereocenters. The topological polar surface area (TPSA) is 41.6 Å². The van der Waals surface area contributed by atoms with Crippen LogP contribution < -0.4 is 5.32 Å². The van der Waals surface area contributed by atoms with Gasteiger partial charge in [0.05, 0.1) is 0 Å². The van der Waals surface area contributed by atoms with Gasteiger partial charge in [-0.05, 0) is 51.0 Å². The molecule has 23 heavy (non-hydrogen) atoms. The van der Waals surface area contributed by atoms with Gasteiger partial charge in [0.25, 0.3) is 0 Å². The van der Waals surface area contributed by atoms with Crippen LogP contribution in [0.4, 0.5) is 4.79 Å². The first-order valence-corrected chi connectivity index (χ1v) is 8.66. The third-order valence-electron chi connectivity index (χ3n) is 4.88. The van der Waals surface area contributed by atoms with E-state index in [2.05, 4.69) is 40.5 Å². The number of carbonyl (C=O) groups excluding carboxylic acids is 1. The van der Waals surface area contributed by atoms with Crippen molar-refractivity contribution >= 4 is 6.09 Å². The molecule has 4 heteroatoms. The van der Waals surface area contributed by atoms with Gasteiger partial charge in [0.1, 0.15) is 5.60 Å². The first-order chi connectivity index (χ1) is 10.9. The Morgan fingerprint density at radius 3 is 2.65 bits per heavy atom. The first kappa shape index (κ1) is 16.3. The molecule has 1 aromatic rings. The zero-order chi connectivity index (χ0) is 16.4. The Bertz CT molecular complexity index is 538. The van der Waals surface area contributed by atoms with E-state index in [1.807, 2.05) is 20.8 Å². The zero-order valence-corrected chi connectivity index (χ0v) is 14.4. The monoisotopic (exact) mass is 316 g/mol. The summed E-state index contributed by atoms with van der Waals surface area (Å²) in [7, 11) is 0. The molecular formula is C19H28N2O2. The average Bonchev–Trinajstić information content (AvgIpc) is 3.00. The van der Waals surface area contributed by atoms with Gasteiger partial charge in [0, 0.05) is 25.7 Å². The van der Waals surface area contributed by atoms with E-state index in [0.29, 0.717) is 11.8 Å². The molecule has 2 fully saturated rings. The van der Waals surface area contributed by atoms with Crippen LogP contribution in [0.3, 0.4) is 0 Å². The molecule has 1 aliphatic carbocycles. The fraction of sp³-hybridized carbons (Fsp3) is 0.632. The predicted molar refractivity (Wildman–Crippen MR) is 91.1 cm³/mol. The van der Waals surface area contributed by atoms with Gasteiger partial charge in [-0.3, -0.25) is 4.90 Å². The molecule has 3 rings (SSSR count). The van der Waals surface area contributed by atoms with E-state index in [1.165, 1.54) is 12.0 Å². The summed E-state index contributed by atoms with van der Waals surface area (Å²) < 4.78 is 5.41. The van der Waals surface area contributed by atoms with Crippen molar-refractivity contribution in [3.63, 3.8) is 0 Å². The van der Waals surface area contributed by atoms with E-state index in [-0.39, 0.29) is 12.1 Å². The number of hydrogen-bond donors (Lipinski definition) is 1. The largest absolute Gasteiger partial charge is 0.444 e. The molecule has 0 aromatic heterocycles. The van der Waals surface area contributed by atoms with E-state index in [9.17, 15) is 4.79 Å². The van der Waals surface area contributed by atoms with Gasteiger partial charge < -0.3 is 10.1 Å². The maximum Gasteiger partial charge on any atom is 0.407 e. The lowest BCUT2D eigenvalue weighted by Crippen LogP contribution is -2.42. The number of carbonyl (C=O) groups is 1. The highest BCUT2D eigenvalue weighted by Crippen LogP contribution is 2.38. The highest BCUT2D eigenvalue weighted by atomic mass is 16.6. The summed E-state index contributed by atoms with van der Waals surface area (Å²) in [6.45, 7) is 8.93. The molecule has 0 bridgehead atoms. The van der Waals surface area contributed by atoms with Crippen LogP contribution in [0, 0.1) is 11.8 Å². The molecule has 1 heterocycles. The Morgan fingerprint density at radius 1 is 1.22 bits per heavy atom. The molecule has 0 unspecified atom stereocenters. The van der Waals surface area contributed by atoms with Crippen LogP contribution in [0.25, 0.3) is 0 Å². The Kier molecular flexibility index (Phi) is 4.62. The van der Waals surface area contributed by atoms with Crippen molar-refractivity contribution in [2.75, 3.05) is 13.1 Å². The smallest absolute Gasteiger partial charge is 0.407 e. The summed E-state index contributed by atoms with van der Waals surface area (Å²) in [5.74, 6) is 1.27. The van der Waals surface area contributed by atoms with Crippen LogP contribution in [0.1, 0.15) is 39.2 Å². The van der Waals surface area contributed by atoms with Crippen LogP contribution in [0.15, 0.2) is 30.3 Å². The van der Waals surface area contributed by atoms with E-state index < -0.39 is 5.60 Å². The number of likely N-dealkylation sites (tertiary alicyclic amines) is 1. The van der Waals surface area contributed by atoms with Gasteiger partial charge in [-0.15, -0.1) is 0 Å². The maximum atomic E-state index is 12.0. The van der Waals surface area contributed by atoms with Crippen molar-refractivity contribution in [1.29, 1.82) is 0 Å². The van der Waals surface area contributed by atoms with Crippen molar-refractivity contribution in [3.05, 3.63) is 35.9 Å². The number of amides is 1. The Balaban J connectivity index is 1.53. The van der Waals surface area contributed by atoms with Gasteiger partial charge in [-0.25, -0.2) is 4.79 Å². The summed E-state index contributed by atoms with van der Waals surface area (Å²) in [6, 6.07) is 10.9. The minimum atomic E-state index is -0.433. The summed E-state index contributed by atoms with van der Waals surface area (Å²) in [5.41, 5.74) is 0.932. The summed E-state index contributed by atoms with van der Waals surface area (Å²) in [6.07, 6.45) is 2.01. The molecule has 2 aliphatic rings. The van der Waals surface area contributed by atoms with Gasteiger partial charge in [0.2, 0.25) is 0 Å². The minimum absolute atomic E-state index is 0.260. The predicted octanol–water partition coefficient (Wildman–Crippen LogP) is 3.42. The van der Waals surface area contributed by atoms with Crippen LogP contribution >= 0.6 is 0 Å². The highest BCUT2D eigenvalue weighted by molar-refractivity contribution is 5.68. The first-order valence-electron chi connectivity index (χ1n) is 8.66. The number of ether oxygens (including phenoxy) is 1. The summed E-state index contributed by atoms with van der Waals surface area (Å²) >= 11 is 0. The Labute approximate surface area is 139 Å². The lowest BCUT2D eigenvalue weighted by Gasteiger charge is -2.25. The van der Waals surface area contributed by atoms with Gasteiger partial charge in [0.15, 0.2) is 0 Å². The van der Waals surface area contributed by atoms with E-state index in [4.69, 9.17) is 4.74 Å². The molecule has 1 saturated carbocycles. The number of alkyl carbamates (subject to hydrolysis) is 1. The molecule has 1 N–H and O–H groups in total. The van der Waals surface area contributed by atoms with Crippen LogP contribution in [-0.2, 0) is 11.3 Å². The minimum Gasteiger partial charge on any atom is -0.444 e. The SMILES string of the molecule is CC(C)(C)OC(=O)N[C@@H]1CC[C@@H]2CN(Cc3ccccc3)C[C@@H]21. The van der Waals surface area contributed by atoms with Crippen LogP contribution in [0.5, 0.6) is 0 Å². The summed E-state index contributed by atoms with van der Waals surface area (Å²) in [4.78, 5) is 14.6. The second kappa shape index (κ2) is 6.52. The van der Waals surface area contributed by atoms with Crippen molar-refractivity contribution in [3.8, 4) is 0 Å². The molecule has 0 spiro atoms. The Morgan fingerprint density at radius 2 is 1.96 bits per heavy atom. The molecule has 1 aliphatic heterocycles. The van der Waals surface area contributed by atoms with Crippen LogP contribution in [-0.4, -0.2) is 35.7 Å². The molecule has 1 saturated heterocycles. The number of fused-ring (bicyclic) bond motifs is 1. The van der Waals surface area contributed by atoms with E-state index >= 15 is 0 Å². The second-order valence-electron chi connectivity index (χ2n) is 7.93. The number of rotatable bonds is 3. The quantitative estimate of drug-likeness (QED) is 0.929. The van der Waals surface area contributed by atoms with Crippen molar-refractivity contribution in [1.82, 2.24) is 10.2 Å². The van der Waals surface area contributed by atoms with Crippen molar-refractivity contribution in [2.45, 2.75) is 51.8 Å². The maximum absolute atomic E-state index is 12.0. The second-order valence-corrected chi connectivity index (χ2v) is 7.93. The molecule has 1 aromatic carbocycles. The van der Waals surface area contributed by atoms with Crippen molar-refractivity contribution < 1.29 is 9.53 Å². The third-order valence-corrected chi connectivity index (χ3v) is 4.88. The number of benzene rings is 1. The molecule has 126 valence electrons. The van der Waals surface area contributed by atoms with Crippen LogP contribution in [0.2, 0.25) is 0 Å². The average molecular weight is 316 g/mol. The lowest BCUT2D eigenvalue weighted by atomic mass is 9.98. The zero-order valence-electron chi connectivity index (χ0n) is 14.4. The van der Waals surface area contributed by atoms with Gasteiger partial charge >= 0.3 is 6.09 Å². The molecule has 4 nitrogen and oxygen atoms in total. The molecule has 0 radical (unpaired) electrons. The standard InChI is InChI=1S/C19H28N2O2/c1-19(2,3)23-18(22)20-17-10-9-15-12-21(13-16(15)17)11-14-7-5-4-6-8-14/h4-8,15-17H,9-13H2,1-3H3,(H,20,22)/t15-,16+,17-/m1/s1. The summed E-state index contributed by atoms with van der Waals surface area (Å²) in [5, 5.41) is 3.10. The van der Waals surface area contributed by atoms with Gasteiger partial charge in [-0.2, -0.15) is 0 Å². The number of hydrogen-bond acceptors (Lipinski definition) is 3. The third kappa shape index (κ3) is 4.25. The fourth-order valence-electron chi connectivity index (χ4n) is 3.97. The number of nitrogens with one attached hydrogen (secondary N) is 1. The normalized spacial score (nSPS) is 27.7. The lowest BCUT2D eigenvalue weighted by molar-refractivity contribution is 0.0491. The van der Waals surface area contributed by atoms with E-state index in [0.717, 1.165) is 26.1 Å². The highest BCUT2D eigenvalue weighted by Gasteiger charge is 2.43. The molecule has 1 amide bonds. The number of nitrogens with zero attached hydrogens (tertiary/aromatic N) is 1. The van der Waals surface area contributed by atoms with E-state index in [1.54, 1.807) is 0 Å². The fourth-order valence-corrected chi connectivity index (χ4v) is 3.97. The Hall–Kier alpha value is -1.55. The molecular weight excluding hydrogens is 288 g/mol. The van der Waals surface area contributed by atoms with Gasteiger partial charge in [-0.1, -0.05) is 30.3 Å². The van der Waals surface area contributed by atoms with Crippen molar-refractivity contribution in [2.24, 2.45) is 11.8 Å².